The Labute approximate surface area is 79.3 Å². The Hall–Kier alpha value is -1.04. The van der Waals surface area contributed by atoms with Gasteiger partial charge in [0.25, 0.3) is 0 Å². The SMILES string of the molecule is CC(=O)N1CC(C(C#N)C(C)C)C1. The molecule has 1 rings (SSSR count). The van der Waals surface area contributed by atoms with Gasteiger partial charge in [0.2, 0.25) is 5.91 Å². The van der Waals surface area contributed by atoms with Crippen molar-refractivity contribution in [2.24, 2.45) is 17.8 Å². The monoisotopic (exact) mass is 180 g/mol. The fraction of sp³-hybridized carbons (Fsp3) is 0.800. The first kappa shape index (κ1) is 10.0. The largest absolute Gasteiger partial charge is 0.342 e. The van der Waals surface area contributed by atoms with Crippen molar-refractivity contribution < 1.29 is 4.79 Å². The highest BCUT2D eigenvalue weighted by Gasteiger charge is 2.36. The first-order chi connectivity index (χ1) is 6.06. The molecule has 0 aromatic carbocycles. The van der Waals surface area contributed by atoms with Crippen LogP contribution in [0.15, 0.2) is 0 Å². The second-order valence-corrected chi connectivity index (χ2v) is 4.08. The summed E-state index contributed by atoms with van der Waals surface area (Å²) in [6.45, 7) is 7.24. The number of likely N-dealkylation sites (tertiary alicyclic amines) is 1. The fourth-order valence-corrected chi connectivity index (χ4v) is 1.80. The summed E-state index contributed by atoms with van der Waals surface area (Å²) in [5.41, 5.74) is 0. The summed E-state index contributed by atoms with van der Waals surface area (Å²) < 4.78 is 0. The van der Waals surface area contributed by atoms with Crippen molar-refractivity contribution >= 4 is 5.91 Å². The molecule has 0 radical (unpaired) electrons. The Morgan fingerprint density at radius 1 is 1.54 bits per heavy atom. The van der Waals surface area contributed by atoms with Gasteiger partial charge in [-0.2, -0.15) is 5.26 Å². The summed E-state index contributed by atoms with van der Waals surface area (Å²) in [6.07, 6.45) is 0. The predicted molar refractivity (Wildman–Crippen MR) is 49.7 cm³/mol. The van der Waals surface area contributed by atoms with Crippen LogP contribution in [0.2, 0.25) is 0 Å². The van der Waals surface area contributed by atoms with Crippen molar-refractivity contribution in [2.75, 3.05) is 13.1 Å². The van der Waals surface area contributed by atoms with Crippen LogP contribution in [0.3, 0.4) is 0 Å². The van der Waals surface area contributed by atoms with Crippen molar-refractivity contribution in [1.29, 1.82) is 5.26 Å². The van der Waals surface area contributed by atoms with Crippen LogP contribution >= 0.6 is 0 Å². The van der Waals surface area contributed by atoms with Gasteiger partial charge >= 0.3 is 0 Å². The number of rotatable bonds is 2. The lowest BCUT2D eigenvalue weighted by molar-refractivity contribution is -0.136. The van der Waals surface area contributed by atoms with Crippen molar-refractivity contribution in [3.05, 3.63) is 0 Å². The summed E-state index contributed by atoms with van der Waals surface area (Å²) in [4.78, 5) is 12.7. The van der Waals surface area contributed by atoms with Gasteiger partial charge in [-0.3, -0.25) is 4.79 Å². The Bertz CT molecular complexity index is 236. The van der Waals surface area contributed by atoms with E-state index in [0.29, 0.717) is 11.8 Å². The molecule has 0 N–H and O–H groups in total. The zero-order chi connectivity index (χ0) is 10.0. The second kappa shape index (κ2) is 3.78. The molecule has 0 aliphatic carbocycles. The van der Waals surface area contributed by atoms with Gasteiger partial charge in [-0.25, -0.2) is 0 Å². The predicted octanol–water partition coefficient (Wildman–Crippen LogP) is 1.26. The topological polar surface area (TPSA) is 44.1 Å². The highest BCUT2D eigenvalue weighted by molar-refractivity contribution is 5.74. The minimum absolute atomic E-state index is 0.107. The molecule has 0 aromatic heterocycles. The zero-order valence-corrected chi connectivity index (χ0v) is 8.45. The maximum atomic E-state index is 10.9. The second-order valence-electron chi connectivity index (χ2n) is 4.08. The summed E-state index contributed by atoms with van der Waals surface area (Å²) in [5.74, 6) is 1.02. The van der Waals surface area contributed by atoms with Crippen LogP contribution in [-0.2, 0) is 4.79 Å². The van der Waals surface area contributed by atoms with E-state index in [1.807, 2.05) is 0 Å². The average Bonchev–Trinajstić information content (AvgIpc) is 1.93. The van der Waals surface area contributed by atoms with E-state index in [9.17, 15) is 4.79 Å². The van der Waals surface area contributed by atoms with E-state index in [-0.39, 0.29) is 11.8 Å². The maximum Gasteiger partial charge on any atom is 0.219 e. The third-order valence-corrected chi connectivity index (χ3v) is 2.73. The van der Waals surface area contributed by atoms with Gasteiger partial charge in [0, 0.05) is 25.9 Å². The molecule has 0 aromatic rings. The van der Waals surface area contributed by atoms with Gasteiger partial charge in [0.15, 0.2) is 0 Å². The fourth-order valence-electron chi connectivity index (χ4n) is 1.80. The number of carbonyl (C=O) groups is 1. The number of hydrogen-bond acceptors (Lipinski definition) is 2. The summed E-state index contributed by atoms with van der Waals surface area (Å²) >= 11 is 0. The van der Waals surface area contributed by atoms with Crippen LogP contribution in [0.4, 0.5) is 0 Å². The zero-order valence-electron chi connectivity index (χ0n) is 8.45. The maximum absolute atomic E-state index is 10.9. The lowest BCUT2D eigenvalue weighted by atomic mass is 9.80. The molecule has 1 saturated heterocycles. The number of nitrogens with zero attached hydrogens (tertiary/aromatic N) is 2. The highest BCUT2D eigenvalue weighted by atomic mass is 16.2. The molecule has 0 bridgehead atoms. The smallest absolute Gasteiger partial charge is 0.219 e. The molecule has 1 aliphatic rings. The Morgan fingerprint density at radius 3 is 2.38 bits per heavy atom. The lowest BCUT2D eigenvalue weighted by Crippen LogP contribution is -2.52. The van der Waals surface area contributed by atoms with Crippen LogP contribution in [-0.4, -0.2) is 23.9 Å². The molecule has 0 spiro atoms. The molecular formula is C10H16N2O. The molecule has 72 valence electrons. The number of hydrogen-bond donors (Lipinski definition) is 0. The van der Waals surface area contributed by atoms with Crippen LogP contribution in [0.25, 0.3) is 0 Å². The minimum Gasteiger partial charge on any atom is -0.342 e. The minimum atomic E-state index is 0.107. The normalized spacial score (nSPS) is 19.5. The summed E-state index contributed by atoms with van der Waals surface area (Å²) in [7, 11) is 0. The molecule has 1 amide bonds. The molecule has 0 saturated carbocycles. The number of nitriles is 1. The van der Waals surface area contributed by atoms with E-state index in [0.717, 1.165) is 13.1 Å². The summed E-state index contributed by atoms with van der Waals surface area (Å²) in [5, 5.41) is 8.90. The Balaban J connectivity index is 2.42. The van der Waals surface area contributed by atoms with E-state index >= 15 is 0 Å². The van der Waals surface area contributed by atoms with Crippen molar-refractivity contribution in [3.8, 4) is 6.07 Å². The number of amides is 1. The average molecular weight is 180 g/mol. The van der Waals surface area contributed by atoms with Gasteiger partial charge in [-0.15, -0.1) is 0 Å². The Morgan fingerprint density at radius 2 is 2.08 bits per heavy atom. The molecule has 3 heteroatoms. The van der Waals surface area contributed by atoms with Crippen molar-refractivity contribution in [1.82, 2.24) is 4.90 Å². The van der Waals surface area contributed by atoms with E-state index in [4.69, 9.17) is 5.26 Å². The van der Waals surface area contributed by atoms with Gasteiger partial charge in [0.1, 0.15) is 0 Å². The first-order valence-corrected chi connectivity index (χ1v) is 4.71. The molecule has 1 heterocycles. The summed E-state index contributed by atoms with van der Waals surface area (Å²) in [6, 6.07) is 2.32. The number of carbonyl (C=O) groups excluding carboxylic acids is 1. The van der Waals surface area contributed by atoms with E-state index in [2.05, 4.69) is 19.9 Å². The van der Waals surface area contributed by atoms with Gasteiger partial charge in [-0.05, 0) is 5.92 Å². The molecule has 3 nitrogen and oxygen atoms in total. The van der Waals surface area contributed by atoms with E-state index in [1.165, 1.54) is 0 Å². The van der Waals surface area contributed by atoms with E-state index < -0.39 is 0 Å². The molecule has 1 fully saturated rings. The molecule has 1 unspecified atom stereocenters. The molecular weight excluding hydrogens is 164 g/mol. The van der Waals surface area contributed by atoms with E-state index in [1.54, 1.807) is 11.8 Å². The molecule has 13 heavy (non-hydrogen) atoms. The highest BCUT2D eigenvalue weighted by Crippen LogP contribution is 2.28. The van der Waals surface area contributed by atoms with Gasteiger partial charge in [0.05, 0.1) is 12.0 Å². The van der Waals surface area contributed by atoms with Gasteiger partial charge < -0.3 is 4.90 Å². The van der Waals surface area contributed by atoms with Crippen LogP contribution in [0.1, 0.15) is 20.8 Å². The molecule has 1 atom stereocenters. The van der Waals surface area contributed by atoms with Crippen LogP contribution in [0.5, 0.6) is 0 Å². The standard InChI is InChI=1S/C10H16N2O/c1-7(2)10(4-11)9-5-12(6-9)8(3)13/h7,9-10H,5-6H2,1-3H3. The lowest BCUT2D eigenvalue weighted by Gasteiger charge is -2.42. The van der Waals surface area contributed by atoms with Crippen LogP contribution < -0.4 is 0 Å². The third kappa shape index (κ3) is 2.00. The Kier molecular flexibility index (Phi) is 2.92. The van der Waals surface area contributed by atoms with Gasteiger partial charge in [-0.1, -0.05) is 13.8 Å². The van der Waals surface area contributed by atoms with Crippen molar-refractivity contribution in [2.45, 2.75) is 20.8 Å². The van der Waals surface area contributed by atoms with Crippen LogP contribution in [0, 0.1) is 29.1 Å². The first-order valence-electron chi connectivity index (χ1n) is 4.71. The third-order valence-electron chi connectivity index (χ3n) is 2.73. The quantitative estimate of drug-likeness (QED) is 0.642. The molecule has 1 aliphatic heterocycles. The van der Waals surface area contributed by atoms with Crippen molar-refractivity contribution in [3.63, 3.8) is 0 Å².